The molecule has 2 aromatic rings. The van der Waals surface area contributed by atoms with Crippen LogP contribution in [0, 0.1) is 0 Å². The Balaban J connectivity index is 2.13. The van der Waals surface area contributed by atoms with Gasteiger partial charge in [0.15, 0.2) is 0 Å². The summed E-state index contributed by atoms with van der Waals surface area (Å²) in [6, 6.07) is 5.38. The molecule has 0 bridgehead atoms. The highest BCUT2D eigenvalue weighted by molar-refractivity contribution is 7.20. The molecule has 6 heteroatoms. The van der Waals surface area contributed by atoms with Gasteiger partial charge in [0.1, 0.15) is 12.7 Å². The molecule has 1 aromatic carbocycles. The number of nitrogens with zero attached hydrogens (tertiary/aromatic N) is 1. The molecule has 2 rings (SSSR count). The summed E-state index contributed by atoms with van der Waals surface area (Å²) in [5.74, 6) is 0. The van der Waals surface area contributed by atoms with Crippen LogP contribution in [0.1, 0.15) is 0 Å². The van der Waals surface area contributed by atoms with Crippen molar-refractivity contribution in [1.82, 2.24) is 4.98 Å². The predicted molar refractivity (Wildman–Crippen MR) is 63.2 cm³/mol. The maximum Gasteiger partial charge on any atom is 0.274 e. The number of benzene rings is 1. The molecule has 16 heavy (non-hydrogen) atoms. The van der Waals surface area contributed by atoms with Gasteiger partial charge in [-0.05, 0) is 18.2 Å². The van der Waals surface area contributed by atoms with Crippen LogP contribution < -0.4 is 4.74 Å². The first-order chi connectivity index (χ1) is 7.69. The Morgan fingerprint density at radius 1 is 1.50 bits per heavy atom. The van der Waals surface area contributed by atoms with Gasteiger partial charge in [-0.3, -0.25) is 0 Å². The highest BCUT2D eigenvalue weighted by Crippen LogP contribution is 2.29. The maximum absolute atomic E-state index is 9.12. The second-order valence-corrected chi connectivity index (χ2v) is 4.67. The molecular formula is C10H10ClNO3S. The number of hydrogen-bond acceptors (Lipinski definition) is 5. The van der Waals surface area contributed by atoms with Crippen LogP contribution in [0.25, 0.3) is 10.2 Å². The summed E-state index contributed by atoms with van der Waals surface area (Å²) < 4.78 is 6.17. The molecule has 0 saturated heterocycles. The quantitative estimate of drug-likeness (QED) is 0.877. The first-order valence-corrected chi connectivity index (χ1v) is 5.86. The molecule has 1 aromatic heterocycles. The Kier molecular flexibility index (Phi) is 3.60. The maximum atomic E-state index is 9.12. The summed E-state index contributed by atoms with van der Waals surface area (Å²) in [4.78, 5) is 4.20. The van der Waals surface area contributed by atoms with Crippen molar-refractivity contribution in [3.63, 3.8) is 0 Å². The molecule has 0 radical (unpaired) electrons. The summed E-state index contributed by atoms with van der Waals surface area (Å²) in [5.41, 5.74) is 0.808. The second kappa shape index (κ2) is 4.97. The minimum atomic E-state index is -0.879. The smallest absolute Gasteiger partial charge is 0.274 e. The van der Waals surface area contributed by atoms with Gasteiger partial charge in [0.2, 0.25) is 0 Å². The van der Waals surface area contributed by atoms with E-state index in [-0.39, 0.29) is 13.2 Å². The highest BCUT2D eigenvalue weighted by Gasteiger charge is 2.08. The lowest BCUT2D eigenvalue weighted by Gasteiger charge is -2.05. The first kappa shape index (κ1) is 11.6. The van der Waals surface area contributed by atoms with Gasteiger partial charge in [0.25, 0.3) is 5.19 Å². The van der Waals surface area contributed by atoms with Gasteiger partial charge in [-0.15, -0.1) is 0 Å². The third-order valence-corrected chi connectivity index (χ3v) is 3.11. The molecule has 1 unspecified atom stereocenters. The highest BCUT2D eigenvalue weighted by atomic mass is 35.5. The van der Waals surface area contributed by atoms with E-state index in [1.807, 2.05) is 12.1 Å². The van der Waals surface area contributed by atoms with Crippen molar-refractivity contribution in [2.24, 2.45) is 0 Å². The SMILES string of the molecule is OCC(O)COc1nc2ccc(Cl)cc2s1. The number of fused-ring (bicyclic) bond motifs is 1. The zero-order valence-corrected chi connectivity index (χ0v) is 9.83. The average Bonchev–Trinajstić information content (AvgIpc) is 2.67. The lowest BCUT2D eigenvalue weighted by Crippen LogP contribution is -2.21. The number of halogens is 1. The molecule has 0 spiro atoms. The van der Waals surface area contributed by atoms with Crippen molar-refractivity contribution in [2.45, 2.75) is 6.10 Å². The van der Waals surface area contributed by atoms with E-state index in [2.05, 4.69) is 4.98 Å². The molecule has 0 aliphatic heterocycles. The molecule has 1 atom stereocenters. The summed E-state index contributed by atoms with van der Waals surface area (Å²) in [5, 5.41) is 18.9. The summed E-state index contributed by atoms with van der Waals surface area (Å²) in [7, 11) is 0. The Morgan fingerprint density at radius 3 is 3.06 bits per heavy atom. The van der Waals surface area contributed by atoms with Crippen LogP contribution in [0.5, 0.6) is 5.19 Å². The average molecular weight is 260 g/mol. The lowest BCUT2D eigenvalue weighted by molar-refractivity contribution is 0.0536. The molecule has 0 saturated carbocycles. The fourth-order valence-corrected chi connectivity index (χ4v) is 2.26. The van der Waals surface area contributed by atoms with E-state index in [0.717, 1.165) is 10.2 Å². The second-order valence-electron chi connectivity index (χ2n) is 3.24. The van der Waals surface area contributed by atoms with Gasteiger partial charge >= 0.3 is 0 Å². The first-order valence-electron chi connectivity index (χ1n) is 4.67. The third-order valence-electron chi connectivity index (χ3n) is 1.94. The van der Waals surface area contributed by atoms with E-state index < -0.39 is 6.10 Å². The summed E-state index contributed by atoms with van der Waals surface area (Å²) >= 11 is 7.20. The van der Waals surface area contributed by atoms with Gasteiger partial charge in [0.05, 0.1) is 16.8 Å². The third kappa shape index (κ3) is 2.62. The lowest BCUT2D eigenvalue weighted by atomic mass is 10.3. The van der Waals surface area contributed by atoms with Crippen molar-refractivity contribution in [1.29, 1.82) is 0 Å². The summed E-state index contributed by atoms with van der Waals surface area (Å²) in [6.07, 6.45) is -0.879. The van der Waals surface area contributed by atoms with Crippen LogP contribution in [0.15, 0.2) is 18.2 Å². The van der Waals surface area contributed by atoms with Crippen molar-refractivity contribution >= 4 is 33.2 Å². The number of aliphatic hydroxyl groups is 2. The zero-order valence-electron chi connectivity index (χ0n) is 8.26. The molecule has 2 N–H and O–H groups in total. The Labute approximate surface area is 101 Å². The van der Waals surface area contributed by atoms with Crippen LogP contribution in [0.2, 0.25) is 5.02 Å². The zero-order chi connectivity index (χ0) is 11.5. The number of hydrogen-bond donors (Lipinski definition) is 2. The number of rotatable bonds is 4. The van der Waals surface area contributed by atoms with E-state index in [0.29, 0.717) is 10.2 Å². The summed E-state index contributed by atoms with van der Waals surface area (Å²) in [6.45, 7) is -0.291. The largest absolute Gasteiger partial charge is 0.467 e. The van der Waals surface area contributed by atoms with Gasteiger partial charge in [-0.25, -0.2) is 4.98 Å². The number of thiazole rings is 1. The fourth-order valence-electron chi connectivity index (χ4n) is 1.16. The van der Waals surface area contributed by atoms with E-state index in [9.17, 15) is 0 Å². The van der Waals surface area contributed by atoms with Crippen molar-refractivity contribution in [3.8, 4) is 5.19 Å². The van der Waals surface area contributed by atoms with E-state index >= 15 is 0 Å². The van der Waals surface area contributed by atoms with Crippen molar-refractivity contribution in [3.05, 3.63) is 23.2 Å². The predicted octanol–water partition coefficient (Wildman–Crippen LogP) is 1.68. The van der Waals surface area contributed by atoms with Crippen LogP contribution >= 0.6 is 22.9 Å². The fraction of sp³-hybridized carbons (Fsp3) is 0.300. The van der Waals surface area contributed by atoms with Crippen LogP contribution in [-0.4, -0.2) is 34.5 Å². The van der Waals surface area contributed by atoms with Crippen molar-refractivity contribution < 1.29 is 14.9 Å². The molecule has 0 aliphatic rings. The minimum Gasteiger partial charge on any atom is -0.467 e. The topological polar surface area (TPSA) is 62.6 Å². The molecule has 4 nitrogen and oxygen atoms in total. The number of ether oxygens (including phenoxy) is 1. The Hall–Kier alpha value is -0.880. The van der Waals surface area contributed by atoms with Gasteiger partial charge in [0, 0.05) is 5.02 Å². The van der Waals surface area contributed by atoms with Gasteiger partial charge < -0.3 is 14.9 Å². The Bertz CT molecular complexity index is 488. The van der Waals surface area contributed by atoms with E-state index in [1.165, 1.54) is 11.3 Å². The minimum absolute atomic E-state index is 0.0318. The van der Waals surface area contributed by atoms with Gasteiger partial charge in [-0.1, -0.05) is 22.9 Å². The van der Waals surface area contributed by atoms with Crippen molar-refractivity contribution in [2.75, 3.05) is 13.2 Å². The molecule has 0 amide bonds. The molecule has 1 heterocycles. The van der Waals surface area contributed by atoms with Crippen LogP contribution in [0.3, 0.4) is 0 Å². The normalized spacial score (nSPS) is 12.9. The van der Waals surface area contributed by atoms with Gasteiger partial charge in [-0.2, -0.15) is 0 Å². The molecule has 86 valence electrons. The number of aromatic nitrogens is 1. The van der Waals surface area contributed by atoms with Crippen LogP contribution in [-0.2, 0) is 0 Å². The monoisotopic (exact) mass is 259 g/mol. The standard InChI is InChI=1S/C10H10ClNO3S/c11-6-1-2-8-9(3-6)16-10(12-8)15-5-7(14)4-13/h1-3,7,13-14H,4-5H2. The van der Waals surface area contributed by atoms with Crippen LogP contribution in [0.4, 0.5) is 0 Å². The molecular weight excluding hydrogens is 250 g/mol. The Morgan fingerprint density at radius 2 is 2.31 bits per heavy atom. The molecule has 0 aliphatic carbocycles. The molecule has 0 fully saturated rings. The number of aliphatic hydroxyl groups excluding tert-OH is 2. The van der Waals surface area contributed by atoms with E-state index in [1.54, 1.807) is 6.07 Å². The van der Waals surface area contributed by atoms with E-state index in [4.69, 9.17) is 26.6 Å².